The number of rotatable bonds is 2. The molecule has 2 aromatic heterocycles. The maximum Gasteiger partial charge on any atom is 0.273 e. The molecule has 0 spiro atoms. The van der Waals surface area contributed by atoms with Crippen LogP contribution < -0.4 is 5.14 Å². The third-order valence-corrected chi connectivity index (χ3v) is 3.56. The van der Waals surface area contributed by atoms with Gasteiger partial charge in [-0.2, -0.15) is 5.10 Å². The summed E-state index contributed by atoms with van der Waals surface area (Å²) in [5.41, 5.74) is 0.946. The fourth-order valence-corrected chi connectivity index (χ4v) is 2.81. The van der Waals surface area contributed by atoms with Crippen molar-refractivity contribution in [2.24, 2.45) is 12.2 Å². The van der Waals surface area contributed by atoms with Gasteiger partial charge < -0.3 is 0 Å². The average Bonchev–Trinajstić information content (AvgIpc) is 2.79. The largest absolute Gasteiger partial charge is 0.290 e. The molecule has 0 aliphatic rings. The minimum Gasteiger partial charge on any atom is -0.290 e. The van der Waals surface area contributed by atoms with Crippen LogP contribution in [0.2, 0.25) is 0 Å². The minimum absolute atomic E-state index is 0.251. The molecule has 2 N–H and O–H groups in total. The molecule has 0 radical (unpaired) electrons. The van der Waals surface area contributed by atoms with Gasteiger partial charge in [0, 0.05) is 12.6 Å². The van der Waals surface area contributed by atoms with Crippen molar-refractivity contribution in [3.05, 3.63) is 11.8 Å². The lowest BCUT2D eigenvalue weighted by Gasteiger charge is -2.24. The van der Waals surface area contributed by atoms with Crippen molar-refractivity contribution in [1.29, 1.82) is 0 Å². The predicted molar refractivity (Wildman–Crippen MR) is 73.3 cm³/mol. The molecular weight excluding hydrogens is 280 g/mol. The second-order valence-electron chi connectivity index (χ2n) is 5.65. The molecule has 9 heteroatoms. The van der Waals surface area contributed by atoms with Crippen molar-refractivity contribution in [3.63, 3.8) is 0 Å². The van der Waals surface area contributed by atoms with Gasteiger partial charge in [-0.1, -0.05) is 0 Å². The number of sulfonamides is 1. The summed E-state index contributed by atoms with van der Waals surface area (Å²) in [6, 6.07) is 1.82. The van der Waals surface area contributed by atoms with Crippen LogP contribution >= 0.6 is 0 Å². The number of hydrogen-bond acceptors (Lipinski definition) is 5. The van der Waals surface area contributed by atoms with Gasteiger partial charge in [0.05, 0.1) is 5.69 Å². The molecule has 0 atom stereocenters. The Morgan fingerprint density at radius 2 is 1.85 bits per heavy atom. The Morgan fingerprint density at radius 1 is 1.25 bits per heavy atom. The van der Waals surface area contributed by atoms with Crippen molar-refractivity contribution >= 4 is 10.0 Å². The van der Waals surface area contributed by atoms with Crippen LogP contribution in [0.5, 0.6) is 0 Å². The number of primary sulfonamides is 1. The van der Waals surface area contributed by atoms with E-state index in [1.807, 2.05) is 33.8 Å². The standard InChI is InChI=1S/C11H18N6O2S/c1-7-6-8(16(5)15-7)9-13-14-10(20(12,18)19)17(9)11(2,3)4/h6H,1-5H3,(H2,12,18,19). The van der Waals surface area contributed by atoms with Crippen molar-refractivity contribution in [2.45, 2.75) is 38.4 Å². The minimum atomic E-state index is -3.95. The molecule has 2 rings (SSSR count). The third kappa shape index (κ3) is 2.46. The first-order valence-electron chi connectivity index (χ1n) is 6.01. The van der Waals surface area contributed by atoms with Gasteiger partial charge in [0.15, 0.2) is 5.82 Å². The second-order valence-corrected chi connectivity index (χ2v) is 7.11. The first-order valence-corrected chi connectivity index (χ1v) is 7.56. The highest BCUT2D eigenvalue weighted by Gasteiger charge is 2.30. The highest BCUT2D eigenvalue weighted by atomic mass is 32.2. The quantitative estimate of drug-likeness (QED) is 0.862. The molecule has 2 aromatic rings. The molecule has 0 aromatic carbocycles. The van der Waals surface area contributed by atoms with Gasteiger partial charge >= 0.3 is 0 Å². The SMILES string of the molecule is Cc1cc(-c2nnc(S(N)(=O)=O)n2C(C)(C)C)n(C)n1. The monoisotopic (exact) mass is 298 g/mol. The maximum absolute atomic E-state index is 11.7. The third-order valence-electron chi connectivity index (χ3n) is 2.79. The van der Waals surface area contributed by atoms with Crippen molar-refractivity contribution < 1.29 is 8.42 Å². The van der Waals surface area contributed by atoms with Gasteiger partial charge in [-0.25, -0.2) is 13.6 Å². The van der Waals surface area contributed by atoms with Crippen LogP contribution in [-0.2, 0) is 22.6 Å². The van der Waals surface area contributed by atoms with Crippen LogP contribution in [0, 0.1) is 6.92 Å². The Morgan fingerprint density at radius 3 is 2.25 bits per heavy atom. The summed E-state index contributed by atoms with van der Waals surface area (Å²) >= 11 is 0. The number of hydrogen-bond donors (Lipinski definition) is 1. The number of nitrogens with zero attached hydrogens (tertiary/aromatic N) is 5. The van der Waals surface area contributed by atoms with Gasteiger partial charge in [-0.05, 0) is 33.8 Å². The molecule has 0 bridgehead atoms. The molecule has 0 saturated heterocycles. The highest BCUT2D eigenvalue weighted by Crippen LogP contribution is 2.27. The topological polar surface area (TPSA) is 109 Å². The van der Waals surface area contributed by atoms with Crippen molar-refractivity contribution in [1.82, 2.24) is 24.5 Å². The van der Waals surface area contributed by atoms with E-state index in [-0.39, 0.29) is 5.16 Å². The summed E-state index contributed by atoms with van der Waals surface area (Å²) in [7, 11) is -2.19. The average molecular weight is 298 g/mol. The summed E-state index contributed by atoms with van der Waals surface area (Å²) in [6.45, 7) is 7.43. The molecule has 0 unspecified atom stereocenters. The van der Waals surface area contributed by atoms with Crippen LogP contribution in [0.15, 0.2) is 11.2 Å². The van der Waals surface area contributed by atoms with E-state index in [2.05, 4.69) is 15.3 Å². The zero-order valence-electron chi connectivity index (χ0n) is 12.1. The van der Waals surface area contributed by atoms with Crippen LogP contribution in [-0.4, -0.2) is 33.0 Å². The van der Waals surface area contributed by atoms with E-state index in [1.165, 1.54) is 4.57 Å². The van der Waals surface area contributed by atoms with Crippen molar-refractivity contribution in [2.75, 3.05) is 0 Å². The van der Waals surface area contributed by atoms with E-state index < -0.39 is 15.6 Å². The lowest BCUT2D eigenvalue weighted by molar-refractivity contribution is 0.365. The zero-order chi connectivity index (χ0) is 15.3. The second kappa shape index (κ2) is 4.38. The molecule has 110 valence electrons. The van der Waals surface area contributed by atoms with Gasteiger partial charge in [0.25, 0.3) is 15.2 Å². The van der Waals surface area contributed by atoms with E-state index in [9.17, 15) is 8.42 Å². The van der Waals surface area contributed by atoms with Crippen LogP contribution in [0.3, 0.4) is 0 Å². The Balaban J connectivity index is 2.80. The predicted octanol–water partition coefficient (Wildman–Crippen LogP) is 0.389. The van der Waals surface area contributed by atoms with Gasteiger partial charge in [-0.15, -0.1) is 10.2 Å². The highest BCUT2D eigenvalue weighted by molar-refractivity contribution is 7.89. The molecular formula is C11H18N6O2S. The van der Waals surface area contributed by atoms with E-state index >= 15 is 0 Å². The number of aryl methyl sites for hydroxylation is 2. The summed E-state index contributed by atoms with van der Waals surface area (Å²) in [5, 5.41) is 16.9. The van der Waals surface area contributed by atoms with E-state index in [0.717, 1.165) is 5.69 Å². The summed E-state index contributed by atoms with van der Waals surface area (Å²) < 4.78 is 26.5. The van der Waals surface area contributed by atoms with E-state index in [0.29, 0.717) is 11.5 Å². The zero-order valence-corrected chi connectivity index (χ0v) is 12.9. The summed E-state index contributed by atoms with van der Waals surface area (Å²) in [5.74, 6) is 0.421. The van der Waals surface area contributed by atoms with Crippen LogP contribution in [0.25, 0.3) is 11.5 Å². The van der Waals surface area contributed by atoms with Crippen molar-refractivity contribution in [3.8, 4) is 11.5 Å². The summed E-state index contributed by atoms with van der Waals surface area (Å²) in [4.78, 5) is 0. The Hall–Kier alpha value is -1.74. The van der Waals surface area contributed by atoms with Gasteiger partial charge in [-0.3, -0.25) is 9.25 Å². The fraction of sp³-hybridized carbons (Fsp3) is 0.545. The number of aromatic nitrogens is 5. The Bertz CT molecular complexity index is 750. The molecule has 0 aliphatic heterocycles. The maximum atomic E-state index is 11.7. The van der Waals surface area contributed by atoms with Crippen LogP contribution in [0.4, 0.5) is 0 Å². The normalized spacial score (nSPS) is 12.9. The molecule has 0 fully saturated rings. The first-order chi connectivity index (χ1) is 9.01. The molecule has 0 aliphatic carbocycles. The van der Waals surface area contributed by atoms with E-state index in [4.69, 9.17) is 5.14 Å². The Kier molecular flexibility index (Phi) is 3.22. The van der Waals surface area contributed by atoms with Crippen LogP contribution in [0.1, 0.15) is 26.5 Å². The molecule has 0 saturated carbocycles. The van der Waals surface area contributed by atoms with Gasteiger partial charge in [0.2, 0.25) is 0 Å². The Labute approximate surface area is 117 Å². The molecule has 20 heavy (non-hydrogen) atoms. The summed E-state index contributed by atoms with van der Waals surface area (Å²) in [6.07, 6.45) is 0. The molecule has 8 nitrogen and oxygen atoms in total. The lowest BCUT2D eigenvalue weighted by atomic mass is 10.1. The van der Waals surface area contributed by atoms with Gasteiger partial charge in [0.1, 0.15) is 5.69 Å². The molecule has 2 heterocycles. The number of nitrogens with two attached hydrogens (primary N) is 1. The van der Waals surface area contributed by atoms with E-state index in [1.54, 1.807) is 11.7 Å². The smallest absolute Gasteiger partial charge is 0.273 e. The first kappa shape index (κ1) is 14.7. The molecule has 0 amide bonds. The lowest BCUT2D eigenvalue weighted by Crippen LogP contribution is -2.29. The fourth-order valence-electron chi connectivity index (χ4n) is 2.04.